The van der Waals surface area contributed by atoms with Crippen LogP contribution in [0.3, 0.4) is 0 Å². The predicted molar refractivity (Wildman–Crippen MR) is 105 cm³/mol. The lowest BCUT2D eigenvalue weighted by Crippen LogP contribution is -2.40. The summed E-state index contributed by atoms with van der Waals surface area (Å²) in [6.45, 7) is 1.80. The number of hydrogen-bond donors (Lipinski definition) is 3. The van der Waals surface area contributed by atoms with Crippen molar-refractivity contribution < 1.29 is 9.90 Å². The lowest BCUT2D eigenvalue weighted by molar-refractivity contribution is 0.0600. The smallest absolute Gasteiger partial charge is 0.319 e. The topological polar surface area (TPSA) is 61.4 Å². The van der Waals surface area contributed by atoms with Crippen molar-refractivity contribution in [2.24, 2.45) is 0 Å². The van der Waals surface area contributed by atoms with Gasteiger partial charge in [0.2, 0.25) is 0 Å². The molecule has 0 spiro atoms. The number of urea groups is 1. The minimum atomic E-state index is -1.16. The van der Waals surface area contributed by atoms with Crippen molar-refractivity contribution in [2.75, 3.05) is 11.9 Å². The number of carbonyl (C=O) groups excluding carboxylic acids is 1. The lowest BCUT2D eigenvalue weighted by atomic mass is 9.94. The van der Waals surface area contributed by atoms with Crippen LogP contribution in [0.25, 0.3) is 11.1 Å². The first-order valence-electron chi connectivity index (χ1n) is 8.53. The van der Waals surface area contributed by atoms with E-state index in [1.807, 2.05) is 72.8 Å². The quantitative estimate of drug-likeness (QED) is 0.642. The highest BCUT2D eigenvalue weighted by molar-refractivity contribution is 5.89. The highest BCUT2D eigenvalue weighted by Gasteiger charge is 2.23. The van der Waals surface area contributed by atoms with E-state index in [1.54, 1.807) is 19.1 Å². The minimum Gasteiger partial charge on any atom is -0.384 e. The van der Waals surface area contributed by atoms with Crippen LogP contribution in [0.5, 0.6) is 0 Å². The van der Waals surface area contributed by atoms with Gasteiger partial charge in [-0.3, -0.25) is 0 Å². The van der Waals surface area contributed by atoms with Gasteiger partial charge < -0.3 is 15.7 Å². The molecule has 0 radical (unpaired) electrons. The van der Waals surface area contributed by atoms with Crippen molar-refractivity contribution in [3.05, 3.63) is 90.5 Å². The molecule has 4 nitrogen and oxygen atoms in total. The largest absolute Gasteiger partial charge is 0.384 e. The molecule has 3 aromatic carbocycles. The number of carbonyl (C=O) groups is 1. The summed E-state index contributed by atoms with van der Waals surface area (Å²) in [7, 11) is 0. The first kappa shape index (κ1) is 17.7. The molecule has 3 rings (SSSR count). The number of amides is 2. The van der Waals surface area contributed by atoms with E-state index >= 15 is 0 Å². The van der Waals surface area contributed by atoms with Gasteiger partial charge in [-0.2, -0.15) is 0 Å². The Hall–Kier alpha value is -3.11. The molecule has 4 heteroatoms. The number of benzene rings is 3. The molecule has 0 saturated carbocycles. The van der Waals surface area contributed by atoms with Gasteiger partial charge >= 0.3 is 6.03 Å². The second kappa shape index (κ2) is 7.85. The number of para-hydroxylation sites is 1. The van der Waals surface area contributed by atoms with Crippen LogP contribution in [0.4, 0.5) is 10.5 Å². The van der Waals surface area contributed by atoms with Crippen LogP contribution in [-0.2, 0) is 5.60 Å². The van der Waals surface area contributed by atoms with Crippen molar-refractivity contribution in [2.45, 2.75) is 12.5 Å². The second-order valence-corrected chi connectivity index (χ2v) is 6.39. The van der Waals surface area contributed by atoms with Crippen LogP contribution in [0.2, 0.25) is 0 Å². The van der Waals surface area contributed by atoms with Crippen LogP contribution < -0.4 is 10.6 Å². The Bertz CT molecular complexity index is 844. The molecule has 0 bridgehead atoms. The predicted octanol–water partition coefficient (Wildman–Crippen LogP) is 4.38. The van der Waals surface area contributed by atoms with Crippen molar-refractivity contribution in [1.82, 2.24) is 5.32 Å². The van der Waals surface area contributed by atoms with Gasteiger partial charge in [0.25, 0.3) is 0 Å². The van der Waals surface area contributed by atoms with E-state index in [0.29, 0.717) is 5.69 Å². The molecular weight excluding hydrogens is 324 g/mol. The number of anilines is 1. The highest BCUT2D eigenvalue weighted by Crippen LogP contribution is 2.24. The average molecular weight is 346 g/mol. The van der Waals surface area contributed by atoms with Gasteiger partial charge in [-0.25, -0.2) is 4.79 Å². The van der Waals surface area contributed by atoms with Gasteiger partial charge in [0, 0.05) is 5.69 Å². The Morgan fingerprint density at radius 1 is 0.846 bits per heavy atom. The Morgan fingerprint density at radius 2 is 1.38 bits per heavy atom. The van der Waals surface area contributed by atoms with Crippen molar-refractivity contribution in [1.29, 1.82) is 0 Å². The fraction of sp³-hybridized carbons (Fsp3) is 0.136. The maximum absolute atomic E-state index is 12.0. The van der Waals surface area contributed by atoms with Gasteiger partial charge in [0.1, 0.15) is 5.60 Å². The maximum Gasteiger partial charge on any atom is 0.319 e. The normalized spacial score (nSPS) is 12.8. The molecule has 0 aromatic heterocycles. The van der Waals surface area contributed by atoms with Crippen molar-refractivity contribution in [3.63, 3.8) is 0 Å². The van der Waals surface area contributed by atoms with Crippen LogP contribution in [0.1, 0.15) is 12.5 Å². The van der Waals surface area contributed by atoms with Gasteiger partial charge in [-0.1, -0.05) is 72.8 Å². The van der Waals surface area contributed by atoms with Crippen LogP contribution in [-0.4, -0.2) is 17.7 Å². The average Bonchev–Trinajstić information content (AvgIpc) is 2.68. The summed E-state index contributed by atoms with van der Waals surface area (Å²) in [6, 6.07) is 26.6. The molecule has 0 aliphatic rings. The van der Waals surface area contributed by atoms with Crippen LogP contribution in [0.15, 0.2) is 84.9 Å². The van der Waals surface area contributed by atoms with E-state index in [1.165, 1.54) is 0 Å². The molecule has 3 aromatic rings. The lowest BCUT2D eigenvalue weighted by Gasteiger charge is -2.24. The standard InChI is InChI=1S/C22H22N2O2/c1-22(26,16-23-21(25)24-20-10-6-3-7-11-20)19-14-12-18(13-15-19)17-8-4-2-5-9-17/h2-15,26H,16H2,1H3,(H2,23,24,25)/t22-/m1/s1. The molecular formula is C22H22N2O2. The summed E-state index contributed by atoms with van der Waals surface area (Å²) < 4.78 is 0. The second-order valence-electron chi connectivity index (χ2n) is 6.39. The van der Waals surface area contributed by atoms with E-state index in [-0.39, 0.29) is 12.6 Å². The highest BCUT2D eigenvalue weighted by atomic mass is 16.3. The zero-order valence-electron chi connectivity index (χ0n) is 14.6. The number of nitrogens with one attached hydrogen (secondary N) is 2. The zero-order valence-corrected chi connectivity index (χ0v) is 14.6. The minimum absolute atomic E-state index is 0.107. The van der Waals surface area contributed by atoms with Gasteiger partial charge in [-0.05, 0) is 35.7 Å². The summed E-state index contributed by atoms with van der Waals surface area (Å²) >= 11 is 0. The van der Waals surface area contributed by atoms with Crippen LogP contribution >= 0.6 is 0 Å². The molecule has 26 heavy (non-hydrogen) atoms. The Kier molecular flexibility index (Phi) is 5.34. The molecule has 3 N–H and O–H groups in total. The van der Waals surface area contributed by atoms with E-state index < -0.39 is 5.60 Å². The molecule has 0 saturated heterocycles. The third kappa shape index (κ3) is 4.49. The van der Waals surface area contributed by atoms with Gasteiger partial charge in [0.05, 0.1) is 6.54 Å². The molecule has 0 aliphatic carbocycles. The molecule has 1 atom stereocenters. The van der Waals surface area contributed by atoms with E-state index in [0.717, 1.165) is 16.7 Å². The monoisotopic (exact) mass is 346 g/mol. The first-order chi connectivity index (χ1) is 12.5. The third-order valence-electron chi connectivity index (χ3n) is 4.24. The SMILES string of the molecule is C[C@@](O)(CNC(=O)Nc1ccccc1)c1ccc(-c2ccccc2)cc1. The summed E-state index contributed by atoms with van der Waals surface area (Å²) in [6.07, 6.45) is 0. The van der Waals surface area contributed by atoms with E-state index in [2.05, 4.69) is 10.6 Å². The molecule has 132 valence electrons. The molecule has 0 aliphatic heterocycles. The Morgan fingerprint density at radius 3 is 2.00 bits per heavy atom. The summed E-state index contributed by atoms with van der Waals surface area (Å²) in [5, 5.41) is 16.2. The van der Waals surface area contributed by atoms with Crippen molar-refractivity contribution in [3.8, 4) is 11.1 Å². The summed E-state index contributed by atoms with van der Waals surface area (Å²) in [4.78, 5) is 12.0. The number of rotatable bonds is 5. The fourth-order valence-electron chi connectivity index (χ4n) is 2.70. The molecule has 2 amide bonds. The summed E-state index contributed by atoms with van der Waals surface area (Å²) in [5.41, 5.74) is 2.50. The summed E-state index contributed by atoms with van der Waals surface area (Å²) in [5.74, 6) is 0. The van der Waals surface area contributed by atoms with Crippen LogP contribution in [0, 0.1) is 0 Å². The fourth-order valence-corrected chi connectivity index (χ4v) is 2.70. The maximum atomic E-state index is 12.0. The number of hydrogen-bond acceptors (Lipinski definition) is 2. The number of aliphatic hydroxyl groups is 1. The molecule has 0 fully saturated rings. The van der Waals surface area contributed by atoms with Gasteiger partial charge in [-0.15, -0.1) is 0 Å². The first-order valence-corrected chi connectivity index (χ1v) is 8.53. The van der Waals surface area contributed by atoms with E-state index in [4.69, 9.17) is 0 Å². The third-order valence-corrected chi connectivity index (χ3v) is 4.24. The Labute approximate surface area is 153 Å². The van der Waals surface area contributed by atoms with Gasteiger partial charge in [0.15, 0.2) is 0 Å². The molecule has 0 heterocycles. The van der Waals surface area contributed by atoms with E-state index in [9.17, 15) is 9.90 Å². The molecule has 0 unspecified atom stereocenters. The zero-order chi connectivity index (χ0) is 18.4. The Balaban J connectivity index is 1.61. The van der Waals surface area contributed by atoms with Crippen molar-refractivity contribution >= 4 is 11.7 Å².